The van der Waals surface area contributed by atoms with Gasteiger partial charge in [-0.05, 0) is 42.5 Å². The lowest BCUT2D eigenvalue weighted by Crippen LogP contribution is -2.33. The average Bonchev–Trinajstić information content (AvgIpc) is 2.66. The normalized spacial score (nSPS) is 10.3. The van der Waals surface area contributed by atoms with Crippen LogP contribution in [0.2, 0.25) is 0 Å². The molecule has 0 saturated carbocycles. The Bertz CT molecular complexity index is 936. The number of hydrogen-bond donors (Lipinski definition) is 3. The van der Waals surface area contributed by atoms with Crippen LogP contribution in [0.25, 0.3) is 10.9 Å². The van der Waals surface area contributed by atoms with Crippen LogP contribution >= 0.6 is 28.1 Å². The lowest BCUT2D eigenvalue weighted by Gasteiger charge is -2.14. The quantitative estimate of drug-likeness (QED) is 0.414. The van der Waals surface area contributed by atoms with Gasteiger partial charge in [-0.3, -0.25) is 10.9 Å². The summed E-state index contributed by atoms with van der Waals surface area (Å²) in [5.74, 6) is 1.76. The smallest absolute Gasteiger partial charge is 0.189 e. The summed E-state index contributed by atoms with van der Waals surface area (Å²) in [6.07, 6.45) is 1.46. The Morgan fingerprint density at radius 3 is 2.42 bits per heavy atom. The number of rotatable bonds is 5. The van der Waals surface area contributed by atoms with Gasteiger partial charge in [0.05, 0.1) is 19.7 Å². The summed E-state index contributed by atoms with van der Waals surface area (Å²) in [7, 11) is 3.16. The van der Waals surface area contributed by atoms with E-state index in [1.54, 1.807) is 20.3 Å². The molecule has 1 aromatic heterocycles. The third kappa shape index (κ3) is 4.12. The van der Waals surface area contributed by atoms with E-state index in [4.69, 9.17) is 21.7 Å². The number of anilines is 2. The van der Waals surface area contributed by atoms with Gasteiger partial charge in [-0.25, -0.2) is 9.97 Å². The predicted octanol–water partition coefficient (Wildman–Crippen LogP) is 3.72. The van der Waals surface area contributed by atoms with E-state index in [-0.39, 0.29) is 0 Å². The largest absolute Gasteiger partial charge is 0.493 e. The average molecular weight is 434 g/mol. The Balaban J connectivity index is 1.75. The van der Waals surface area contributed by atoms with E-state index < -0.39 is 0 Å². The number of aromatic nitrogens is 2. The summed E-state index contributed by atoms with van der Waals surface area (Å²) in [6, 6.07) is 11.3. The molecule has 0 aliphatic rings. The van der Waals surface area contributed by atoms with Gasteiger partial charge in [-0.1, -0.05) is 15.9 Å². The molecule has 0 radical (unpaired) electrons. The number of methoxy groups -OCH3 is 2. The molecule has 0 saturated heterocycles. The van der Waals surface area contributed by atoms with Gasteiger partial charge in [0.1, 0.15) is 6.33 Å². The van der Waals surface area contributed by atoms with Gasteiger partial charge in [-0.15, -0.1) is 0 Å². The molecule has 134 valence electrons. The maximum atomic E-state index is 5.34. The van der Waals surface area contributed by atoms with Crippen molar-refractivity contribution in [2.24, 2.45) is 0 Å². The molecule has 26 heavy (non-hydrogen) atoms. The van der Waals surface area contributed by atoms with Gasteiger partial charge >= 0.3 is 0 Å². The molecule has 3 rings (SSSR count). The monoisotopic (exact) mass is 433 g/mol. The molecule has 0 fully saturated rings. The lowest BCUT2D eigenvalue weighted by atomic mass is 10.2. The highest BCUT2D eigenvalue weighted by molar-refractivity contribution is 9.10. The third-order valence-corrected chi connectivity index (χ3v) is 4.27. The van der Waals surface area contributed by atoms with Crippen molar-refractivity contribution in [3.05, 3.63) is 47.2 Å². The Morgan fingerprint density at radius 1 is 1.04 bits per heavy atom. The van der Waals surface area contributed by atoms with Crippen LogP contribution in [0.3, 0.4) is 0 Å². The molecule has 1 heterocycles. The number of benzene rings is 2. The number of halogens is 1. The summed E-state index contributed by atoms with van der Waals surface area (Å²) in [4.78, 5) is 8.52. The molecule has 0 amide bonds. The molecule has 0 bridgehead atoms. The van der Waals surface area contributed by atoms with Gasteiger partial charge in [0.15, 0.2) is 22.4 Å². The minimum absolute atomic E-state index is 0.402. The van der Waals surface area contributed by atoms with Crippen molar-refractivity contribution < 1.29 is 9.47 Å². The molecule has 7 nitrogen and oxygen atoms in total. The molecule has 3 aromatic rings. The molecular weight excluding hydrogens is 418 g/mol. The number of fused-ring (bicyclic) bond motifs is 1. The zero-order chi connectivity index (χ0) is 18.5. The second kappa shape index (κ2) is 8.15. The van der Waals surface area contributed by atoms with Crippen LogP contribution in [0.15, 0.2) is 47.2 Å². The van der Waals surface area contributed by atoms with Crippen LogP contribution in [-0.2, 0) is 0 Å². The molecule has 0 spiro atoms. The second-order valence-corrected chi connectivity index (χ2v) is 6.48. The zero-order valence-corrected chi connectivity index (χ0v) is 16.4. The van der Waals surface area contributed by atoms with Gasteiger partial charge in [-0.2, -0.15) is 0 Å². The van der Waals surface area contributed by atoms with Crippen molar-refractivity contribution in [3.63, 3.8) is 0 Å². The Labute approximate surface area is 164 Å². The van der Waals surface area contributed by atoms with E-state index in [1.165, 1.54) is 6.33 Å². The topological polar surface area (TPSA) is 80.3 Å². The lowest BCUT2D eigenvalue weighted by molar-refractivity contribution is 0.356. The number of nitrogens with one attached hydrogen (secondary N) is 3. The Morgan fingerprint density at radius 2 is 1.73 bits per heavy atom. The number of thiocarbonyl (C=S) groups is 1. The van der Waals surface area contributed by atoms with Crippen molar-refractivity contribution in [1.82, 2.24) is 15.4 Å². The maximum absolute atomic E-state index is 5.34. The summed E-state index contributed by atoms with van der Waals surface area (Å²) < 4.78 is 11.6. The minimum atomic E-state index is 0.402. The summed E-state index contributed by atoms with van der Waals surface area (Å²) in [5.41, 5.74) is 7.50. The first-order valence-electron chi connectivity index (χ1n) is 7.56. The molecule has 2 aromatic carbocycles. The van der Waals surface area contributed by atoms with Gasteiger partial charge in [0.25, 0.3) is 0 Å². The molecule has 9 heteroatoms. The minimum Gasteiger partial charge on any atom is -0.493 e. The predicted molar refractivity (Wildman–Crippen MR) is 110 cm³/mol. The standard InChI is InChI=1S/C17H16BrN5O2S/c1-24-14-7-12-13(8-15(14)25-2)19-9-20-16(12)22-23-17(26)21-11-5-3-10(18)4-6-11/h3-9H,1-2H3,(H,19,20,22)(H2,21,23,26). The fourth-order valence-electron chi connectivity index (χ4n) is 2.29. The van der Waals surface area contributed by atoms with Gasteiger partial charge in [0.2, 0.25) is 0 Å². The fraction of sp³-hybridized carbons (Fsp3) is 0.118. The highest BCUT2D eigenvalue weighted by Crippen LogP contribution is 2.33. The first-order chi connectivity index (χ1) is 12.6. The first kappa shape index (κ1) is 18.2. The fourth-order valence-corrected chi connectivity index (χ4v) is 2.73. The van der Waals surface area contributed by atoms with Crippen molar-refractivity contribution >= 4 is 55.7 Å². The summed E-state index contributed by atoms with van der Waals surface area (Å²) in [6.45, 7) is 0. The van der Waals surface area contributed by atoms with Crippen molar-refractivity contribution in [2.45, 2.75) is 0 Å². The van der Waals surface area contributed by atoms with E-state index in [1.807, 2.05) is 30.3 Å². The second-order valence-electron chi connectivity index (χ2n) is 5.16. The van der Waals surface area contributed by atoms with E-state index in [2.05, 4.69) is 42.1 Å². The van der Waals surface area contributed by atoms with Gasteiger partial charge < -0.3 is 14.8 Å². The highest BCUT2D eigenvalue weighted by Gasteiger charge is 2.11. The van der Waals surface area contributed by atoms with Crippen molar-refractivity contribution in [1.29, 1.82) is 0 Å². The number of nitrogens with zero attached hydrogens (tertiary/aromatic N) is 2. The zero-order valence-electron chi connectivity index (χ0n) is 14.0. The van der Waals surface area contributed by atoms with Crippen LogP contribution in [0.1, 0.15) is 0 Å². The molecule has 0 aliphatic carbocycles. The van der Waals surface area contributed by atoms with E-state index in [0.717, 1.165) is 15.5 Å². The van der Waals surface area contributed by atoms with E-state index >= 15 is 0 Å². The Hall–Kier alpha value is -2.65. The van der Waals surface area contributed by atoms with Crippen LogP contribution in [-0.4, -0.2) is 29.3 Å². The first-order valence-corrected chi connectivity index (χ1v) is 8.76. The van der Waals surface area contributed by atoms with Crippen molar-refractivity contribution in [3.8, 4) is 11.5 Å². The number of hydrogen-bond acceptors (Lipinski definition) is 6. The van der Waals surface area contributed by atoms with Crippen LogP contribution in [0.4, 0.5) is 11.5 Å². The molecule has 0 atom stereocenters. The Kier molecular flexibility index (Phi) is 5.69. The molecule has 3 N–H and O–H groups in total. The van der Waals surface area contributed by atoms with Crippen LogP contribution in [0.5, 0.6) is 11.5 Å². The van der Waals surface area contributed by atoms with Crippen molar-refractivity contribution in [2.75, 3.05) is 25.0 Å². The number of ether oxygens (including phenoxy) is 2. The summed E-state index contributed by atoms with van der Waals surface area (Å²) in [5, 5.41) is 4.25. The SMILES string of the molecule is COc1cc2ncnc(NNC(=S)Nc3ccc(Br)cc3)c2cc1OC. The molecule has 0 aliphatic heterocycles. The summed E-state index contributed by atoms with van der Waals surface area (Å²) >= 11 is 8.69. The molecule has 0 unspecified atom stereocenters. The van der Waals surface area contributed by atoms with Gasteiger partial charge in [0, 0.05) is 21.6 Å². The third-order valence-electron chi connectivity index (χ3n) is 3.54. The highest BCUT2D eigenvalue weighted by atomic mass is 79.9. The van der Waals surface area contributed by atoms with E-state index in [9.17, 15) is 0 Å². The van der Waals surface area contributed by atoms with E-state index in [0.29, 0.717) is 27.9 Å². The number of hydrazine groups is 1. The van der Waals surface area contributed by atoms with Crippen LogP contribution < -0.4 is 25.6 Å². The molecular formula is C17H16BrN5O2S. The maximum Gasteiger partial charge on any atom is 0.189 e. The van der Waals surface area contributed by atoms with Crippen LogP contribution in [0, 0.1) is 0 Å².